The van der Waals surface area contributed by atoms with Crippen LogP contribution in [0.4, 0.5) is 4.39 Å². The maximum Gasteiger partial charge on any atom is 0.151 e. The van der Waals surface area contributed by atoms with Crippen molar-refractivity contribution in [3.05, 3.63) is 41.2 Å². The van der Waals surface area contributed by atoms with Crippen molar-refractivity contribution in [2.45, 2.75) is 19.0 Å². The zero-order valence-corrected chi connectivity index (χ0v) is 12.9. The molecule has 0 aliphatic carbocycles. The van der Waals surface area contributed by atoms with Gasteiger partial charge in [0.15, 0.2) is 9.84 Å². The van der Waals surface area contributed by atoms with Crippen LogP contribution < -0.4 is 5.32 Å². The molecule has 1 aliphatic rings. The van der Waals surface area contributed by atoms with Crippen molar-refractivity contribution < 1.29 is 12.8 Å². The van der Waals surface area contributed by atoms with Crippen LogP contribution in [-0.4, -0.2) is 30.9 Å². The topological polar surface area (TPSA) is 59.1 Å². The minimum Gasteiger partial charge on any atom is -0.307 e. The number of thiazole rings is 1. The lowest BCUT2D eigenvalue weighted by molar-refractivity contribution is 0.550. The summed E-state index contributed by atoms with van der Waals surface area (Å²) in [6.07, 6.45) is 0.664. The fraction of sp³-hybridized carbons (Fsp3) is 0.357. The van der Waals surface area contributed by atoms with E-state index in [1.807, 2.05) is 5.38 Å². The number of rotatable bonds is 4. The summed E-state index contributed by atoms with van der Waals surface area (Å²) in [7, 11) is -2.86. The van der Waals surface area contributed by atoms with Gasteiger partial charge in [-0.15, -0.1) is 11.3 Å². The van der Waals surface area contributed by atoms with Gasteiger partial charge in [0.1, 0.15) is 10.8 Å². The first kappa shape index (κ1) is 14.6. The lowest BCUT2D eigenvalue weighted by Crippen LogP contribution is -2.29. The molecular formula is C14H15FN2O2S2. The van der Waals surface area contributed by atoms with Crippen LogP contribution in [0, 0.1) is 5.82 Å². The standard InChI is InChI=1S/C14H15FN2O2S2/c15-11-3-1-10(2-4-11)14-17-13(8-20-14)7-16-12-5-6-21(18,19)9-12/h1-4,8,12,16H,5-7,9H2. The molecule has 112 valence electrons. The fourth-order valence-corrected chi connectivity index (χ4v) is 4.85. The largest absolute Gasteiger partial charge is 0.307 e. The average molecular weight is 326 g/mol. The third-order valence-corrected chi connectivity index (χ3v) is 6.16. The molecule has 0 amide bonds. The Labute approximate surface area is 127 Å². The predicted molar refractivity (Wildman–Crippen MR) is 81.4 cm³/mol. The summed E-state index contributed by atoms with van der Waals surface area (Å²) in [5.41, 5.74) is 1.76. The molecule has 7 heteroatoms. The molecule has 1 aromatic carbocycles. The van der Waals surface area contributed by atoms with Gasteiger partial charge in [-0.2, -0.15) is 0 Å². The second-order valence-electron chi connectivity index (χ2n) is 5.13. The first-order valence-corrected chi connectivity index (χ1v) is 9.36. The normalized spacial score (nSPS) is 20.7. The molecule has 0 saturated carbocycles. The number of hydrogen-bond donors (Lipinski definition) is 1. The van der Waals surface area contributed by atoms with Crippen LogP contribution in [0.3, 0.4) is 0 Å². The molecular weight excluding hydrogens is 311 g/mol. The van der Waals surface area contributed by atoms with Gasteiger partial charge < -0.3 is 5.32 Å². The first-order chi connectivity index (χ1) is 10.0. The van der Waals surface area contributed by atoms with E-state index >= 15 is 0 Å². The Hall–Kier alpha value is -1.31. The highest BCUT2D eigenvalue weighted by Gasteiger charge is 2.27. The molecule has 2 aromatic rings. The van der Waals surface area contributed by atoms with Crippen LogP contribution in [0.5, 0.6) is 0 Å². The van der Waals surface area contributed by atoms with Crippen LogP contribution >= 0.6 is 11.3 Å². The summed E-state index contributed by atoms with van der Waals surface area (Å²) in [6.45, 7) is 0.553. The van der Waals surface area contributed by atoms with Crippen molar-refractivity contribution in [1.82, 2.24) is 10.3 Å². The van der Waals surface area contributed by atoms with Gasteiger partial charge in [0.25, 0.3) is 0 Å². The van der Waals surface area contributed by atoms with Crippen LogP contribution in [0.25, 0.3) is 10.6 Å². The molecule has 2 heterocycles. The second kappa shape index (κ2) is 5.82. The number of hydrogen-bond acceptors (Lipinski definition) is 5. The number of halogens is 1. The quantitative estimate of drug-likeness (QED) is 0.936. The minimum absolute atomic E-state index is 0.0194. The molecule has 1 saturated heterocycles. The van der Waals surface area contributed by atoms with Gasteiger partial charge in [-0.25, -0.2) is 17.8 Å². The minimum atomic E-state index is -2.86. The Bertz CT molecular complexity index is 726. The predicted octanol–water partition coefficient (Wildman–Crippen LogP) is 2.23. The molecule has 1 aliphatic heterocycles. The van der Waals surface area contributed by atoms with E-state index in [1.165, 1.54) is 23.5 Å². The third kappa shape index (κ3) is 3.66. The molecule has 1 N–H and O–H groups in total. The number of nitrogens with one attached hydrogen (secondary N) is 1. The first-order valence-electron chi connectivity index (χ1n) is 6.66. The van der Waals surface area contributed by atoms with Gasteiger partial charge in [0, 0.05) is 23.5 Å². The number of aromatic nitrogens is 1. The summed E-state index contributed by atoms with van der Waals surface area (Å²) < 4.78 is 35.7. The third-order valence-electron chi connectivity index (χ3n) is 3.45. The molecule has 4 nitrogen and oxygen atoms in total. The summed E-state index contributed by atoms with van der Waals surface area (Å²) >= 11 is 1.50. The van der Waals surface area contributed by atoms with Crippen molar-refractivity contribution in [2.24, 2.45) is 0 Å². The smallest absolute Gasteiger partial charge is 0.151 e. The Morgan fingerprint density at radius 1 is 1.33 bits per heavy atom. The fourth-order valence-electron chi connectivity index (χ4n) is 2.32. The molecule has 0 bridgehead atoms. The van der Waals surface area contributed by atoms with Gasteiger partial charge in [-0.1, -0.05) is 0 Å². The second-order valence-corrected chi connectivity index (χ2v) is 8.22. The van der Waals surface area contributed by atoms with E-state index in [0.29, 0.717) is 13.0 Å². The maximum atomic E-state index is 12.9. The van der Waals surface area contributed by atoms with E-state index in [9.17, 15) is 12.8 Å². The average Bonchev–Trinajstić information content (AvgIpc) is 3.04. The molecule has 21 heavy (non-hydrogen) atoms. The molecule has 1 fully saturated rings. The van der Waals surface area contributed by atoms with E-state index in [-0.39, 0.29) is 23.4 Å². The highest BCUT2D eigenvalue weighted by Crippen LogP contribution is 2.24. The van der Waals surface area contributed by atoms with Crippen molar-refractivity contribution in [1.29, 1.82) is 0 Å². The van der Waals surface area contributed by atoms with E-state index in [4.69, 9.17) is 0 Å². The van der Waals surface area contributed by atoms with Gasteiger partial charge in [-0.05, 0) is 30.7 Å². The van der Waals surface area contributed by atoms with Gasteiger partial charge in [0.05, 0.1) is 17.2 Å². The molecule has 1 unspecified atom stereocenters. The summed E-state index contributed by atoms with van der Waals surface area (Å²) in [4.78, 5) is 4.49. The van der Waals surface area contributed by atoms with E-state index < -0.39 is 9.84 Å². The zero-order valence-electron chi connectivity index (χ0n) is 11.3. The molecule has 1 aromatic heterocycles. The lowest BCUT2D eigenvalue weighted by atomic mass is 10.2. The highest BCUT2D eigenvalue weighted by atomic mass is 32.2. The summed E-state index contributed by atoms with van der Waals surface area (Å²) in [6, 6.07) is 6.26. The molecule has 3 rings (SSSR count). The number of nitrogens with zero attached hydrogens (tertiary/aromatic N) is 1. The van der Waals surface area contributed by atoms with Gasteiger partial charge in [-0.3, -0.25) is 0 Å². The van der Waals surface area contributed by atoms with Crippen LogP contribution in [0.1, 0.15) is 12.1 Å². The Kier molecular flexibility index (Phi) is 4.05. The SMILES string of the molecule is O=S1(=O)CCC(NCc2csc(-c3ccc(F)cc3)n2)C1. The Balaban J connectivity index is 1.62. The number of sulfone groups is 1. The van der Waals surface area contributed by atoms with E-state index in [0.717, 1.165) is 16.3 Å². The van der Waals surface area contributed by atoms with Crippen molar-refractivity contribution in [2.75, 3.05) is 11.5 Å². The van der Waals surface area contributed by atoms with E-state index in [2.05, 4.69) is 10.3 Å². The molecule has 1 atom stereocenters. The van der Waals surface area contributed by atoms with Gasteiger partial charge >= 0.3 is 0 Å². The maximum absolute atomic E-state index is 12.9. The zero-order chi connectivity index (χ0) is 14.9. The summed E-state index contributed by atoms with van der Waals surface area (Å²) in [5.74, 6) is 0.212. The van der Waals surface area contributed by atoms with Crippen LogP contribution in [-0.2, 0) is 16.4 Å². The van der Waals surface area contributed by atoms with Crippen LogP contribution in [0.2, 0.25) is 0 Å². The van der Waals surface area contributed by atoms with Gasteiger partial charge in [0.2, 0.25) is 0 Å². The lowest BCUT2D eigenvalue weighted by Gasteiger charge is -2.08. The molecule has 0 spiro atoms. The Morgan fingerprint density at radius 3 is 2.76 bits per heavy atom. The Morgan fingerprint density at radius 2 is 2.10 bits per heavy atom. The highest BCUT2D eigenvalue weighted by molar-refractivity contribution is 7.91. The number of benzene rings is 1. The molecule has 0 radical (unpaired) electrons. The summed E-state index contributed by atoms with van der Waals surface area (Å²) in [5, 5.41) is 6.01. The van der Waals surface area contributed by atoms with Crippen molar-refractivity contribution in [3.63, 3.8) is 0 Å². The van der Waals surface area contributed by atoms with E-state index in [1.54, 1.807) is 12.1 Å². The van der Waals surface area contributed by atoms with Crippen molar-refractivity contribution >= 4 is 21.2 Å². The monoisotopic (exact) mass is 326 g/mol. The van der Waals surface area contributed by atoms with Crippen molar-refractivity contribution in [3.8, 4) is 10.6 Å². The van der Waals surface area contributed by atoms with Crippen LogP contribution in [0.15, 0.2) is 29.6 Å².